The first-order chi connectivity index (χ1) is 10.1. The molecule has 1 aromatic rings. The van der Waals surface area contributed by atoms with E-state index in [9.17, 15) is 9.59 Å². The third-order valence-corrected chi connectivity index (χ3v) is 3.89. The molecule has 1 unspecified atom stereocenters. The summed E-state index contributed by atoms with van der Waals surface area (Å²) in [7, 11) is 0. The molecule has 1 heterocycles. The van der Waals surface area contributed by atoms with E-state index in [-0.39, 0.29) is 18.2 Å². The Kier molecular flexibility index (Phi) is 5.14. The second-order valence-corrected chi connectivity index (χ2v) is 5.58. The Bertz CT molecular complexity index is 551. The van der Waals surface area contributed by atoms with Crippen LogP contribution >= 0.6 is 0 Å². The number of likely N-dealkylation sites (tertiary alicyclic amines) is 1. The number of carbonyl (C=O) groups excluding carboxylic acids is 1. The number of aryl methyl sites for hydroxylation is 1. The highest BCUT2D eigenvalue weighted by atomic mass is 16.4. The fourth-order valence-corrected chi connectivity index (χ4v) is 2.72. The molecule has 1 aromatic carbocycles. The van der Waals surface area contributed by atoms with Crippen LogP contribution in [0.5, 0.6) is 0 Å². The van der Waals surface area contributed by atoms with Crippen LogP contribution in [-0.2, 0) is 9.59 Å². The monoisotopic (exact) mass is 287 g/mol. The molecule has 0 aromatic heterocycles. The summed E-state index contributed by atoms with van der Waals surface area (Å²) in [6, 6.07) is 7.90. The van der Waals surface area contributed by atoms with Crippen molar-refractivity contribution in [3.8, 4) is 0 Å². The van der Waals surface area contributed by atoms with Crippen molar-refractivity contribution in [1.82, 2.24) is 4.90 Å². The third kappa shape index (κ3) is 4.45. The summed E-state index contributed by atoms with van der Waals surface area (Å²) < 4.78 is 0. The summed E-state index contributed by atoms with van der Waals surface area (Å²) >= 11 is 0. The number of amides is 1. The second kappa shape index (κ2) is 7.07. The summed E-state index contributed by atoms with van der Waals surface area (Å²) in [4.78, 5) is 24.7. The minimum Gasteiger partial charge on any atom is -0.481 e. The zero-order chi connectivity index (χ0) is 15.2. The van der Waals surface area contributed by atoms with E-state index in [1.807, 2.05) is 37.3 Å². The highest BCUT2D eigenvalue weighted by Crippen LogP contribution is 2.20. The van der Waals surface area contributed by atoms with Gasteiger partial charge in [-0.05, 0) is 42.9 Å². The van der Waals surface area contributed by atoms with Gasteiger partial charge in [0, 0.05) is 25.6 Å². The Hall–Kier alpha value is -2.10. The van der Waals surface area contributed by atoms with Crippen molar-refractivity contribution in [3.05, 3.63) is 41.5 Å². The molecule has 1 atom stereocenters. The van der Waals surface area contributed by atoms with Gasteiger partial charge in [0.1, 0.15) is 0 Å². The lowest BCUT2D eigenvalue weighted by atomic mass is 9.95. The predicted molar refractivity (Wildman–Crippen MR) is 81.8 cm³/mol. The van der Waals surface area contributed by atoms with Crippen molar-refractivity contribution in [2.24, 2.45) is 5.92 Å². The number of carboxylic acids is 1. The highest BCUT2D eigenvalue weighted by Gasteiger charge is 2.24. The quantitative estimate of drug-likeness (QED) is 0.866. The highest BCUT2D eigenvalue weighted by molar-refractivity contribution is 5.92. The van der Waals surface area contributed by atoms with E-state index in [4.69, 9.17) is 5.11 Å². The molecule has 0 saturated carbocycles. The van der Waals surface area contributed by atoms with E-state index in [1.165, 1.54) is 0 Å². The first-order valence-corrected chi connectivity index (χ1v) is 7.30. The molecular formula is C17H21NO3. The Balaban J connectivity index is 1.96. The molecule has 0 spiro atoms. The van der Waals surface area contributed by atoms with Crippen molar-refractivity contribution >= 4 is 18.0 Å². The van der Waals surface area contributed by atoms with Crippen LogP contribution in [-0.4, -0.2) is 35.0 Å². The number of piperidine rings is 1. The molecule has 112 valence electrons. The summed E-state index contributed by atoms with van der Waals surface area (Å²) in [5.41, 5.74) is 2.16. The first-order valence-electron chi connectivity index (χ1n) is 7.30. The van der Waals surface area contributed by atoms with Gasteiger partial charge in [-0.1, -0.05) is 24.3 Å². The van der Waals surface area contributed by atoms with Gasteiger partial charge < -0.3 is 10.0 Å². The molecule has 1 aliphatic rings. The molecule has 21 heavy (non-hydrogen) atoms. The van der Waals surface area contributed by atoms with Crippen molar-refractivity contribution < 1.29 is 14.7 Å². The van der Waals surface area contributed by atoms with Crippen molar-refractivity contribution in [2.45, 2.75) is 26.2 Å². The third-order valence-electron chi connectivity index (χ3n) is 3.89. The van der Waals surface area contributed by atoms with Crippen LogP contribution in [0.15, 0.2) is 30.3 Å². The van der Waals surface area contributed by atoms with Crippen LogP contribution < -0.4 is 0 Å². The number of hydrogen-bond acceptors (Lipinski definition) is 2. The van der Waals surface area contributed by atoms with Gasteiger partial charge in [0.2, 0.25) is 5.91 Å². The summed E-state index contributed by atoms with van der Waals surface area (Å²) in [6.45, 7) is 3.27. The smallest absolute Gasteiger partial charge is 0.303 e. The lowest BCUT2D eigenvalue weighted by molar-refractivity contribution is -0.139. The van der Waals surface area contributed by atoms with Gasteiger partial charge in [-0.2, -0.15) is 0 Å². The molecular weight excluding hydrogens is 266 g/mol. The largest absolute Gasteiger partial charge is 0.481 e. The zero-order valence-corrected chi connectivity index (χ0v) is 12.3. The average Bonchev–Trinajstić information content (AvgIpc) is 2.45. The molecule has 4 heteroatoms. The van der Waals surface area contributed by atoms with Gasteiger partial charge in [-0.15, -0.1) is 0 Å². The van der Waals surface area contributed by atoms with Crippen LogP contribution in [0.25, 0.3) is 6.08 Å². The number of aliphatic carboxylic acids is 1. The Morgan fingerprint density at radius 2 is 2.14 bits per heavy atom. The molecule has 0 radical (unpaired) electrons. The Morgan fingerprint density at radius 3 is 2.86 bits per heavy atom. The number of hydrogen-bond donors (Lipinski definition) is 1. The SMILES string of the molecule is Cc1ccccc1C=CC(=O)N1CCCC(CC(=O)O)C1. The molecule has 0 aliphatic carbocycles. The number of benzene rings is 1. The maximum Gasteiger partial charge on any atom is 0.303 e. The van der Waals surface area contributed by atoms with Crippen molar-refractivity contribution in [3.63, 3.8) is 0 Å². The van der Waals surface area contributed by atoms with Crippen molar-refractivity contribution in [2.75, 3.05) is 13.1 Å². The van der Waals surface area contributed by atoms with E-state index in [0.717, 1.165) is 24.0 Å². The fraction of sp³-hybridized carbons (Fsp3) is 0.412. The van der Waals surface area contributed by atoms with Gasteiger partial charge in [0.05, 0.1) is 0 Å². The molecule has 4 nitrogen and oxygen atoms in total. The van der Waals surface area contributed by atoms with E-state index in [0.29, 0.717) is 13.1 Å². The summed E-state index contributed by atoms with van der Waals surface area (Å²) in [6.07, 6.45) is 5.33. The normalized spacial score (nSPS) is 18.9. The maximum absolute atomic E-state index is 12.2. The standard InChI is InChI=1S/C17H21NO3/c1-13-5-2-3-7-15(13)8-9-16(19)18-10-4-6-14(12-18)11-17(20)21/h2-3,5,7-9,14H,4,6,10-12H2,1H3,(H,20,21). The molecule has 1 saturated heterocycles. The van der Waals surface area contributed by atoms with Gasteiger partial charge in [0.15, 0.2) is 0 Å². The van der Waals surface area contributed by atoms with Crippen molar-refractivity contribution in [1.29, 1.82) is 0 Å². The molecule has 1 amide bonds. The number of nitrogens with zero attached hydrogens (tertiary/aromatic N) is 1. The van der Waals surface area contributed by atoms with Crippen LogP contribution in [0.3, 0.4) is 0 Å². The minimum atomic E-state index is -0.787. The molecule has 1 fully saturated rings. The minimum absolute atomic E-state index is 0.0339. The van der Waals surface area contributed by atoms with Gasteiger partial charge >= 0.3 is 5.97 Å². The first kappa shape index (κ1) is 15.3. The molecule has 2 rings (SSSR count). The maximum atomic E-state index is 12.2. The second-order valence-electron chi connectivity index (χ2n) is 5.58. The molecule has 1 aliphatic heterocycles. The molecule has 1 N–H and O–H groups in total. The van der Waals surface area contributed by atoms with E-state index < -0.39 is 5.97 Å². The van der Waals surface area contributed by atoms with E-state index in [1.54, 1.807) is 11.0 Å². The topological polar surface area (TPSA) is 57.6 Å². The Labute approximate surface area is 125 Å². The van der Waals surface area contributed by atoms with Crippen LogP contribution in [0.1, 0.15) is 30.4 Å². The molecule has 0 bridgehead atoms. The van der Waals surface area contributed by atoms with Gasteiger partial charge in [-0.3, -0.25) is 9.59 Å². The zero-order valence-electron chi connectivity index (χ0n) is 12.3. The fourth-order valence-electron chi connectivity index (χ4n) is 2.72. The lowest BCUT2D eigenvalue weighted by Gasteiger charge is -2.31. The average molecular weight is 287 g/mol. The summed E-state index contributed by atoms with van der Waals surface area (Å²) in [5, 5.41) is 8.86. The van der Waals surface area contributed by atoms with E-state index >= 15 is 0 Å². The summed E-state index contributed by atoms with van der Waals surface area (Å²) in [5.74, 6) is -0.745. The predicted octanol–water partition coefficient (Wildman–Crippen LogP) is 2.72. The van der Waals surface area contributed by atoms with Crippen LogP contribution in [0.2, 0.25) is 0 Å². The number of rotatable bonds is 4. The van der Waals surface area contributed by atoms with Crippen LogP contribution in [0, 0.1) is 12.8 Å². The van der Waals surface area contributed by atoms with E-state index in [2.05, 4.69) is 0 Å². The van der Waals surface area contributed by atoms with Gasteiger partial charge in [0.25, 0.3) is 0 Å². The number of carboxylic acid groups (broad SMARTS) is 1. The van der Waals surface area contributed by atoms with Gasteiger partial charge in [-0.25, -0.2) is 0 Å². The Morgan fingerprint density at radius 1 is 1.38 bits per heavy atom. The lowest BCUT2D eigenvalue weighted by Crippen LogP contribution is -2.39. The van der Waals surface area contributed by atoms with Crippen LogP contribution in [0.4, 0.5) is 0 Å². The number of carbonyl (C=O) groups is 2.